The Morgan fingerprint density at radius 1 is 0.962 bits per heavy atom. The molecule has 1 amide bonds. The van der Waals surface area contributed by atoms with E-state index in [1.165, 1.54) is 6.92 Å². The minimum absolute atomic E-state index is 0.0795. The standard InChI is InChI=1S/C21H19NO4/c1-15(20(23)24)22(21(25)26-14-16-7-3-2-4-8-16)19-12-11-17-9-5-6-10-18(17)13-19/h2-13,15H,14H2,1H3,(H,23,24)/t15-/m0/s1. The van der Waals surface area contributed by atoms with Crippen molar-refractivity contribution in [2.75, 3.05) is 4.90 Å². The molecule has 0 heterocycles. The van der Waals surface area contributed by atoms with E-state index >= 15 is 0 Å². The summed E-state index contributed by atoms with van der Waals surface area (Å²) in [6.07, 6.45) is -0.695. The largest absolute Gasteiger partial charge is 0.480 e. The highest BCUT2D eigenvalue weighted by molar-refractivity contribution is 5.97. The Morgan fingerprint density at radius 2 is 1.62 bits per heavy atom. The number of anilines is 1. The van der Waals surface area contributed by atoms with Crippen molar-refractivity contribution in [3.05, 3.63) is 78.4 Å². The number of aliphatic carboxylic acids is 1. The Kier molecular flexibility index (Phi) is 5.17. The van der Waals surface area contributed by atoms with Gasteiger partial charge < -0.3 is 9.84 Å². The first-order valence-corrected chi connectivity index (χ1v) is 8.28. The van der Waals surface area contributed by atoms with Crippen LogP contribution in [0.25, 0.3) is 10.8 Å². The molecule has 0 spiro atoms. The minimum atomic E-state index is -1.10. The average molecular weight is 349 g/mol. The first kappa shape index (κ1) is 17.5. The van der Waals surface area contributed by atoms with Gasteiger partial charge in [-0.15, -0.1) is 0 Å². The van der Waals surface area contributed by atoms with Gasteiger partial charge >= 0.3 is 12.1 Å². The van der Waals surface area contributed by atoms with E-state index in [0.717, 1.165) is 21.2 Å². The number of carbonyl (C=O) groups is 2. The fourth-order valence-corrected chi connectivity index (χ4v) is 2.71. The molecule has 0 aliphatic carbocycles. The van der Waals surface area contributed by atoms with E-state index in [9.17, 15) is 14.7 Å². The van der Waals surface area contributed by atoms with E-state index < -0.39 is 18.1 Å². The molecule has 3 aromatic rings. The average Bonchev–Trinajstić information content (AvgIpc) is 2.67. The maximum atomic E-state index is 12.6. The van der Waals surface area contributed by atoms with Crippen molar-refractivity contribution >= 4 is 28.5 Å². The fourth-order valence-electron chi connectivity index (χ4n) is 2.71. The molecule has 0 saturated carbocycles. The van der Waals surface area contributed by atoms with Gasteiger partial charge in [-0.05, 0) is 35.4 Å². The van der Waals surface area contributed by atoms with Gasteiger partial charge in [0.15, 0.2) is 0 Å². The van der Waals surface area contributed by atoms with Gasteiger partial charge in [-0.2, -0.15) is 0 Å². The van der Waals surface area contributed by atoms with Crippen LogP contribution in [0.3, 0.4) is 0 Å². The second kappa shape index (κ2) is 7.70. The Morgan fingerprint density at radius 3 is 2.31 bits per heavy atom. The Hall–Kier alpha value is -3.34. The number of amides is 1. The van der Waals surface area contributed by atoms with Crippen molar-refractivity contribution in [1.82, 2.24) is 0 Å². The summed E-state index contributed by atoms with van der Waals surface area (Å²) in [5.41, 5.74) is 1.32. The van der Waals surface area contributed by atoms with Gasteiger partial charge in [-0.1, -0.05) is 60.7 Å². The van der Waals surface area contributed by atoms with Crippen LogP contribution in [0.4, 0.5) is 10.5 Å². The van der Waals surface area contributed by atoms with Crippen LogP contribution in [-0.4, -0.2) is 23.2 Å². The van der Waals surface area contributed by atoms with Crippen molar-refractivity contribution in [3.8, 4) is 0 Å². The Labute approximate surface area is 151 Å². The summed E-state index contributed by atoms with van der Waals surface area (Å²) < 4.78 is 5.35. The summed E-state index contributed by atoms with van der Waals surface area (Å²) in [4.78, 5) is 25.3. The molecular weight excluding hydrogens is 330 g/mol. The molecule has 1 atom stereocenters. The van der Waals surface area contributed by atoms with E-state index in [0.29, 0.717) is 5.69 Å². The SMILES string of the molecule is C[C@@H](C(=O)O)N(C(=O)OCc1ccccc1)c1ccc2ccccc2c1. The normalized spacial score (nSPS) is 11.7. The third kappa shape index (κ3) is 3.83. The molecule has 5 heteroatoms. The van der Waals surface area contributed by atoms with E-state index in [2.05, 4.69) is 0 Å². The number of carboxylic acids is 1. The summed E-state index contributed by atoms with van der Waals surface area (Å²) in [7, 11) is 0. The third-order valence-electron chi connectivity index (χ3n) is 4.16. The molecule has 0 aliphatic heterocycles. The zero-order valence-electron chi connectivity index (χ0n) is 14.3. The maximum absolute atomic E-state index is 12.6. The number of hydrogen-bond donors (Lipinski definition) is 1. The summed E-state index contributed by atoms with van der Waals surface area (Å²) in [5.74, 6) is -1.10. The van der Waals surface area contributed by atoms with Crippen LogP contribution in [0.5, 0.6) is 0 Å². The monoisotopic (exact) mass is 349 g/mol. The van der Waals surface area contributed by atoms with Crippen molar-refractivity contribution in [2.24, 2.45) is 0 Å². The molecule has 1 N–H and O–H groups in total. The molecule has 0 radical (unpaired) electrons. The van der Waals surface area contributed by atoms with E-state index in [-0.39, 0.29) is 6.61 Å². The molecule has 0 bridgehead atoms. The zero-order valence-corrected chi connectivity index (χ0v) is 14.3. The van der Waals surface area contributed by atoms with Crippen LogP contribution in [0.2, 0.25) is 0 Å². The number of nitrogens with zero attached hydrogens (tertiary/aromatic N) is 1. The van der Waals surface area contributed by atoms with Gasteiger partial charge in [-0.25, -0.2) is 9.59 Å². The molecule has 3 aromatic carbocycles. The Balaban J connectivity index is 1.88. The third-order valence-corrected chi connectivity index (χ3v) is 4.16. The van der Waals surface area contributed by atoms with Crippen molar-refractivity contribution in [3.63, 3.8) is 0 Å². The lowest BCUT2D eigenvalue weighted by Crippen LogP contribution is -2.43. The number of ether oxygens (including phenoxy) is 1. The van der Waals surface area contributed by atoms with E-state index in [1.54, 1.807) is 12.1 Å². The first-order chi connectivity index (χ1) is 12.6. The molecular formula is C21H19NO4. The van der Waals surface area contributed by atoms with E-state index in [4.69, 9.17) is 4.74 Å². The van der Waals surface area contributed by atoms with Crippen molar-refractivity contribution < 1.29 is 19.4 Å². The number of carboxylic acid groups (broad SMARTS) is 1. The highest BCUT2D eigenvalue weighted by atomic mass is 16.6. The lowest BCUT2D eigenvalue weighted by atomic mass is 10.1. The minimum Gasteiger partial charge on any atom is -0.480 e. The maximum Gasteiger partial charge on any atom is 0.415 e. The quantitative estimate of drug-likeness (QED) is 0.739. The van der Waals surface area contributed by atoms with Crippen molar-refractivity contribution in [2.45, 2.75) is 19.6 Å². The van der Waals surface area contributed by atoms with Crippen LogP contribution in [0.1, 0.15) is 12.5 Å². The van der Waals surface area contributed by atoms with Gasteiger partial charge in [-0.3, -0.25) is 4.90 Å². The molecule has 0 unspecified atom stereocenters. The molecule has 26 heavy (non-hydrogen) atoms. The second-order valence-corrected chi connectivity index (χ2v) is 5.96. The molecule has 3 rings (SSSR count). The topological polar surface area (TPSA) is 66.8 Å². The number of rotatable bonds is 5. The summed E-state index contributed by atoms with van der Waals surface area (Å²) >= 11 is 0. The lowest BCUT2D eigenvalue weighted by molar-refractivity contribution is -0.138. The molecule has 132 valence electrons. The van der Waals surface area contributed by atoms with E-state index in [1.807, 2.05) is 60.7 Å². The van der Waals surface area contributed by atoms with Gasteiger partial charge in [0.2, 0.25) is 0 Å². The van der Waals surface area contributed by atoms with Crippen LogP contribution in [0.15, 0.2) is 72.8 Å². The highest BCUT2D eigenvalue weighted by Gasteiger charge is 2.28. The number of fused-ring (bicyclic) bond motifs is 1. The van der Waals surface area contributed by atoms with Crippen LogP contribution in [-0.2, 0) is 16.1 Å². The summed E-state index contributed by atoms with van der Waals surface area (Å²) in [6, 6.07) is 21.3. The predicted octanol–water partition coefficient (Wildman–Crippen LogP) is 4.46. The van der Waals surface area contributed by atoms with Crippen LogP contribution >= 0.6 is 0 Å². The number of carbonyl (C=O) groups excluding carboxylic acids is 1. The summed E-state index contributed by atoms with van der Waals surface area (Å²) in [5, 5.41) is 11.3. The zero-order chi connectivity index (χ0) is 18.5. The van der Waals surface area contributed by atoms with Crippen LogP contribution in [0, 0.1) is 0 Å². The first-order valence-electron chi connectivity index (χ1n) is 8.28. The number of benzene rings is 3. The molecule has 0 aliphatic rings. The molecule has 0 saturated heterocycles. The van der Waals surface area contributed by atoms with Gasteiger partial charge in [0.25, 0.3) is 0 Å². The van der Waals surface area contributed by atoms with Gasteiger partial charge in [0, 0.05) is 5.69 Å². The van der Waals surface area contributed by atoms with Crippen LogP contribution < -0.4 is 4.90 Å². The van der Waals surface area contributed by atoms with Gasteiger partial charge in [0.1, 0.15) is 12.6 Å². The lowest BCUT2D eigenvalue weighted by Gasteiger charge is -2.26. The number of hydrogen-bond acceptors (Lipinski definition) is 3. The second-order valence-electron chi connectivity index (χ2n) is 5.96. The highest BCUT2D eigenvalue weighted by Crippen LogP contribution is 2.25. The molecule has 0 fully saturated rings. The smallest absolute Gasteiger partial charge is 0.415 e. The van der Waals surface area contributed by atoms with Crippen molar-refractivity contribution in [1.29, 1.82) is 0 Å². The predicted molar refractivity (Wildman–Crippen MR) is 100 cm³/mol. The Bertz CT molecular complexity index is 923. The fraction of sp³-hybridized carbons (Fsp3) is 0.143. The summed E-state index contributed by atoms with van der Waals surface area (Å²) in [6.45, 7) is 1.54. The van der Waals surface area contributed by atoms with Gasteiger partial charge in [0.05, 0.1) is 0 Å². The molecule has 0 aromatic heterocycles. The molecule has 5 nitrogen and oxygen atoms in total.